The Morgan fingerprint density at radius 2 is 1.46 bits per heavy atom. The fourth-order valence-corrected chi connectivity index (χ4v) is 6.15. The third-order valence-corrected chi connectivity index (χ3v) is 7.85. The van der Waals surface area contributed by atoms with Gasteiger partial charge in [-0.2, -0.15) is 13.2 Å². The molecule has 2 bridgehead atoms. The van der Waals surface area contributed by atoms with Crippen LogP contribution in [0.5, 0.6) is 0 Å². The molecule has 3 aliphatic rings. The molecule has 2 heterocycles. The molecule has 3 aromatic rings. The predicted molar refractivity (Wildman–Crippen MR) is 130 cm³/mol. The second-order valence-corrected chi connectivity index (χ2v) is 10.1. The van der Waals surface area contributed by atoms with Gasteiger partial charge in [0.05, 0.1) is 36.5 Å². The minimum absolute atomic E-state index is 0.0682. The number of benzene rings is 3. The molecule has 1 N–H and O–H groups in total. The maximum absolute atomic E-state index is 13.3. The van der Waals surface area contributed by atoms with E-state index >= 15 is 0 Å². The Balaban J connectivity index is 1.18. The van der Waals surface area contributed by atoms with E-state index < -0.39 is 35.5 Å². The molecule has 1 aliphatic carbocycles. The summed E-state index contributed by atoms with van der Waals surface area (Å²) in [4.78, 5) is 15.0. The molecule has 0 radical (unpaired) electrons. The number of fused-ring (bicyclic) bond motifs is 5. The van der Waals surface area contributed by atoms with Crippen LogP contribution in [0.15, 0.2) is 72.8 Å². The van der Waals surface area contributed by atoms with E-state index in [9.17, 15) is 23.1 Å². The van der Waals surface area contributed by atoms with E-state index in [0.717, 1.165) is 34.4 Å². The van der Waals surface area contributed by atoms with Gasteiger partial charge in [-0.25, -0.2) is 4.79 Å². The van der Waals surface area contributed by atoms with Crippen molar-refractivity contribution in [3.05, 3.63) is 95.1 Å². The molecule has 6 rings (SSSR count). The summed E-state index contributed by atoms with van der Waals surface area (Å²) < 4.78 is 50.5. The summed E-state index contributed by atoms with van der Waals surface area (Å²) in [5.74, 6) is -0.0682. The van der Waals surface area contributed by atoms with Crippen molar-refractivity contribution in [2.75, 3.05) is 19.8 Å². The van der Waals surface area contributed by atoms with Crippen LogP contribution in [-0.4, -0.2) is 48.0 Å². The molecular weight excluding hydrogens is 483 g/mol. The zero-order valence-corrected chi connectivity index (χ0v) is 19.9. The van der Waals surface area contributed by atoms with Gasteiger partial charge < -0.3 is 14.6 Å². The number of hydrogen-bond acceptors (Lipinski definition) is 4. The Bertz CT molecular complexity index is 1260. The number of morpholine rings is 1. The number of rotatable bonds is 3. The largest absolute Gasteiger partial charge is 0.448 e. The molecule has 2 fully saturated rings. The topological polar surface area (TPSA) is 59.0 Å². The first-order valence-corrected chi connectivity index (χ1v) is 12.4. The molecule has 2 unspecified atom stereocenters. The van der Waals surface area contributed by atoms with Crippen LogP contribution < -0.4 is 0 Å². The van der Waals surface area contributed by atoms with E-state index in [0.29, 0.717) is 5.56 Å². The lowest BCUT2D eigenvalue weighted by Gasteiger charge is -2.51. The maximum Gasteiger partial charge on any atom is 0.416 e. The fraction of sp³-hybridized carbons (Fsp3) is 0.345. The van der Waals surface area contributed by atoms with Crippen LogP contribution in [0.2, 0.25) is 0 Å². The van der Waals surface area contributed by atoms with Crippen LogP contribution in [0.4, 0.5) is 18.0 Å². The lowest BCUT2D eigenvalue weighted by Crippen LogP contribution is -2.62. The predicted octanol–water partition coefficient (Wildman–Crippen LogP) is 5.71. The van der Waals surface area contributed by atoms with Crippen molar-refractivity contribution in [3.8, 4) is 11.1 Å². The summed E-state index contributed by atoms with van der Waals surface area (Å²) in [5, 5.41) is 11.4. The van der Waals surface area contributed by atoms with Gasteiger partial charge in [-0.1, -0.05) is 60.7 Å². The molecule has 2 aliphatic heterocycles. The lowest BCUT2D eigenvalue weighted by molar-refractivity contribution is -0.139. The number of carbonyl (C=O) groups excluding carboxylic acids is 1. The minimum Gasteiger partial charge on any atom is -0.448 e. The second kappa shape index (κ2) is 8.89. The van der Waals surface area contributed by atoms with Crippen LogP contribution in [0.3, 0.4) is 0 Å². The van der Waals surface area contributed by atoms with E-state index in [1.165, 1.54) is 12.1 Å². The van der Waals surface area contributed by atoms with Gasteiger partial charge in [-0.3, -0.25) is 4.90 Å². The monoisotopic (exact) mass is 509 g/mol. The highest BCUT2D eigenvalue weighted by Gasteiger charge is 2.49. The molecule has 2 atom stereocenters. The number of halogens is 3. The van der Waals surface area contributed by atoms with E-state index in [-0.39, 0.29) is 38.6 Å². The Hall–Kier alpha value is -3.36. The summed E-state index contributed by atoms with van der Waals surface area (Å²) in [5.41, 5.74) is 2.81. The quantitative estimate of drug-likeness (QED) is 0.492. The van der Waals surface area contributed by atoms with E-state index in [2.05, 4.69) is 24.3 Å². The van der Waals surface area contributed by atoms with Crippen molar-refractivity contribution in [2.24, 2.45) is 0 Å². The number of nitrogens with zero attached hydrogens (tertiary/aromatic N) is 1. The molecule has 1 amide bonds. The number of amides is 1. The van der Waals surface area contributed by atoms with Crippen molar-refractivity contribution in [1.82, 2.24) is 4.90 Å². The first kappa shape index (κ1) is 24.0. The minimum atomic E-state index is -4.45. The highest BCUT2D eigenvalue weighted by molar-refractivity contribution is 5.79. The maximum atomic E-state index is 13.3. The van der Waals surface area contributed by atoms with E-state index in [1.54, 1.807) is 4.90 Å². The van der Waals surface area contributed by atoms with Crippen molar-refractivity contribution in [1.29, 1.82) is 0 Å². The van der Waals surface area contributed by atoms with Crippen molar-refractivity contribution < 1.29 is 32.5 Å². The number of aliphatic hydroxyl groups is 1. The standard InChI is InChI=1S/C29H26F3NO4/c30-29(31,32)19-11-9-18(10-12-19)28(35)13-20-15-36-16-21(14-28)33(20)27(34)37-17-26-24-7-3-1-5-22(24)23-6-2-4-8-25(23)26/h1-12,20-21,26,35H,13-17H2. The molecule has 3 aromatic carbocycles. The molecule has 37 heavy (non-hydrogen) atoms. The SMILES string of the molecule is O=C(OCC1c2ccccc2-c2ccccc21)N1C2COCC1CC(O)(c1ccc(C(F)(F)F)cc1)C2. The van der Waals surface area contributed by atoms with Gasteiger partial charge in [0.15, 0.2) is 0 Å². The van der Waals surface area contributed by atoms with Crippen LogP contribution in [-0.2, 0) is 21.3 Å². The van der Waals surface area contributed by atoms with Crippen molar-refractivity contribution in [3.63, 3.8) is 0 Å². The molecule has 2 saturated heterocycles. The number of alkyl halides is 3. The smallest absolute Gasteiger partial charge is 0.416 e. The van der Waals surface area contributed by atoms with Gasteiger partial charge in [0, 0.05) is 18.8 Å². The Morgan fingerprint density at radius 3 is 2.00 bits per heavy atom. The average Bonchev–Trinajstić information content (AvgIpc) is 3.20. The zero-order valence-electron chi connectivity index (χ0n) is 19.9. The molecule has 0 saturated carbocycles. The highest BCUT2D eigenvalue weighted by atomic mass is 19.4. The van der Waals surface area contributed by atoms with Gasteiger partial charge in [-0.15, -0.1) is 0 Å². The molecule has 0 spiro atoms. The average molecular weight is 510 g/mol. The number of carbonyl (C=O) groups is 1. The fourth-order valence-electron chi connectivity index (χ4n) is 6.15. The van der Waals surface area contributed by atoms with Gasteiger partial charge in [-0.05, 0) is 39.9 Å². The summed E-state index contributed by atoms with van der Waals surface area (Å²) in [7, 11) is 0. The van der Waals surface area contributed by atoms with Crippen LogP contribution >= 0.6 is 0 Å². The van der Waals surface area contributed by atoms with Gasteiger partial charge in [0.25, 0.3) is 0 Å². The highest BCUT2D eigenvalue weighted by Crippen LogP contribution is 2.45. The summed E-state index contributed by atoms with van der Waals surface area (Å²) in [6.45, 7) is 0.639. The third kappa shape index (κ3) is 4.18. The Morgan fingerprint density at radius 1 is 0.919 bits per heavy atom. The Labute approximate surface area is 212 Å². The van der Waals surface area contributed by atoms with Crippen molar-refractivity contribution in [2.45, 2.75) is 42.6 Å². The van der Waals surface area contributed by atoms with Crippen LogP contribution in [0, 0.1) is 0 Å². The second-order valence-electron chi connectivity index (χ2n) is 10.1. The first-order valence-electron chi connectivity index (χ1n) is 12.4. The van der Waals surface area contributed by atoms with Gasteiger partial charge in [0.1, 0.15) is 6.61 Å². The summed E-state index contributed by atoms with van der Waals surface area (Å²) >= 11 is 0. The third-order valence-electron chi connectivity index (χ3n) is 7.85. The Kier molecular flexibility index (Phi) is 5.76. The molecule has 5 nitrogen and oxygen atoms in total. The van der Waals surface area contributed by atoms with Crippen LogP contribution in [0.25, 0.3) is 11.1 Å². The van der Waals surface area contributed by atoms with Crippen LogP contribution in [0.1, 0.15) is 41.0 Å². The first-order chi connectivity index (χ1) is 17.7. The molecule has 0 aromatic heterocycles. The summed E-state index contributed by atoms with van der Waals surface area (Å²) in [6, 6.07) is 19.9. The molecule has 192 valence electrons. The van der Waals surface area contributed by atoms with Crippen molar-refractivity contribution >= 4 is 6.09 Å². The lowest BCUT2D eigenvalue weighted by atomic mass is 9.77. The number of piperidine rings is 1. The van der Waals surface area contributed by atoms with Gasteiger partial charge >= 0.3 is 12.3 Å². The number of hydrogen-bond donors (Lipinski definition) is 1. The van der Waals surface area contributed by atoms with E-state index in [1.807, 2.05) is 24.3 Å². The zero-order chi connectivity index (χ0) is 25.8. The molecular formula is C29H26F3NO4. The van der Waals surface area contributed by atoms with E-state index in [4.69, 9.17) is 9.47 Å². The normalized spacial score (nSPS) is 24.9. The van der Waals surface area contributed by atoms with Gasteiger partial charge in [0.2, 0.25) is 0 Å². The molecule has 8 heteroatoms. The summed E-state index contributed by atoms with van der Waals surface area (Å²) in [6.07, 6.45) is -4.61. The number of ether oxygens (including phenoxy) is 2.